The number of benzene rings is 1. The molecule has 15 heteroatoms. The molecule has 1 aromatic heterocycles. The Kier molecular flexibility index (Phi) is 10.9. The molecule has 54 heavy (non-hydrogen) atoms. The molecule has 2 N–H and O–H groups in total. The molecule has 3 aliphatic rings. The van der Waals surface area contributed by atoms with Gasteiger partial charge < -0.3 is 24.4 Å². The fourth-order valence-corrected chi connectivity index (χ4v) is 8.10. The zero-order valence-electron chi connectivity index (χ0n) is 33.1. The van der Waals surface area contributed by atoms with Gasteiger partial charge in [0.2, 0.25) is 27.7 Å². The number of likely N-dealkylation sites (tertiary alicyclic amines) is 1. The molecule has 1 saturated heterocycles. The summed E-state index contributed by atoms with van der Waals surface area (Å²) in [6.07, 6.45) is 1.54. The molecule has 1 aromatic carbocycles. The molecule has 1 aliphatic heterocycles. The second-order valence-electron chi connectivity index (χ2n) is 17.5. The highest BCUT2D eigenvalue weighted by Crippen LogP contribution is 2.47. The molecule has 2 aliphatic carbocycles. The summed E-state index contributed by atoms with van der Waals surface area (Å²) in [6, 6.07) is 4.20. The van der Waals surface area contributed by atoms with Crippen LogP contribution in [0.15, 0.2) is 30.9 Å². The number of carbonyl (C=O) groups is 4. The zero-order chi connectivity index (χ0) is 40.2. The van der Waals surface area contributed by atoms with Gasteiger partial charge in [-0.3, -0.25) is 23.9 Å². The van der Waals surface area contributed by atoms with Crippen LogP contribution in [0.5, 0.6) is 11.6 Å². The second kappa shape index (κ2) is 14.4. The third kappa shape index (κ3) is 8.50. The predicted octanol–water partition coefficient (Wildman–Crippen LogP) is 4.56. The molecule has 5 rings (SSSR count). The quantitative estimate of drug-likeness (QED) is 0.215. The van der Waals surface area contributed by atoms with E-state index in [-0.39, 0.29) is 37.6 Å². The summed E-state index contributed by atoms with van der Waals surface area (Å²) in [5.41, 5.74) is -1.30. The van der Waals surface area contributed by atoms with E-state index >= 15 is 0 Å². The summed E-state index contributed by atoms with van der Waals surface area (Å²) in [6.45, 7) is 20.0. The largest absolute Gasteiger partial charge is 0.497 e. The normalized spacial score (nSPS) is 24.1. The van der Waals surface area contributed by atoms with Crippen LogP contribution >= 0.6 is 0 Å². The van der Waals surface area contributed by atoms with Gasteiger partial charge in [0.15, 0.2) is 0 Å². The molecule has 2 aromatic rings. The number of methoxy groups -OCH3 is 1. The highest BCUT2D eigenvalue weighted by atomic mass is 32.2. The molecule has 2 saturated carbocycles. The van der Waals surface area contributed by atoms with Crippen LogP contribution in [-0.4, -0.2) is 88.7 Å². The average molecular weight is 770 g/mol. The maximum Gasteiger partial charge on any atom is 0.307 e. The van der Waals surface area contributed by atoms with Gasteiger partial charge in [0, 0.05) is 24.3 Å². The summed E-state index contributed by atoms with van der Waals surface area (Å²) in [5.74, 6) is -3.20. The molecule has 3 amide bonds. The number of ether oxygens (including phenoxy) is 3. The molecule has 0 radical (unpaired) electrons. The number of nitrogens with one attached hydrogen (secondary N) is 2. The maximum absolute atomic E-state index is 14.6. The van der Waals surface area contributed by atoms with Crippen LogP contribution < -0.4 is 19.5 Å². The first-order valence-electron chi connectivity index (χ1n) is 18.5. The number of nitrogens with zero attached hydrogens (tertiary/aromatic N) is 3. The van der Waals surface area contributed by atoms with Gasteiger partial charge in [-0.2, -0.15) is 0 Å². The first-order valence-corrected chi connectivity index (χ1v) is 20.0. The van der Waals surface area contributed by atoms with Crippen LogP contribution in [0.4, 0.5) is 0 Å². The van der Waals surface area contributed by atoms with Crippen molar-refractivity contribution in [3.8, 4) is 11.6 Å². The Morgan fingerprint density at radius 1 is 1.07 bits per heavy atom. The third-order valence-corrected chi connectivity index (χ3v) is 12.7. The van der Waals surface area contributed by atoms with Gasteiger partial charge in [0.25, 0.3) is 5.91 Å². The Hall–Kier alpha value is -4.27. The number of rotatable bonds is 13. The van der Waals surface area contributed by atoms with E-state index < -0.39 is 79.0 Å². The minimum atomic E-state index is -4.00. The van der Waals surface area contributed by atoms with E-state index in [0.717, 1.165) is 0 Å². The van der Waals surface area contributed by atoms with Crippen molar-refractivity contribution >= 4 is 44.7 Å². The third-order valence-electron chi connectivity index (χ3n) is 10.6. The number of esters is 1. The fraction of sp³-hybridized carbons (Fsp3) is 0.641. The molecule has 14 nitrogen and oxygen atoms in total. The van der Waals surface area contributed by atoms with Crippen LogP contribution in [0.25, 0.3) is 11.0 Å². The van der Waals surface area contributed by atoms with Crippen LogP contribution in [0.3, 0.4) is 0 Å². The lowest BCUT2D eigenvalue weighted by molar-refractivity contribution is -0.161. The molecule has 3 fully saturated rings. The Balaban J connectivity index is 1.48. The van der Waals surface area contributed by atoms with E-state index in [1.807, 2.05) is 34.6 Å². The Bertz CT molecular complexity index is 1950. The van der Waals surface area contributed by atoms with E-state index in [2.05, 4.69) is 16.6 Å². The van der Waals surface area contributed by atoms with Crippen molar-refractivity contribution in [2.24, 2.45) is 17.3 Å². The summed E-state index contributed by atoms with van der Waals surface area (Å²) >= 11 is 0. The van der Waals surface area contributed by atoms with Gasteiger partial charge in [-0.1, -0.05) is 40.7 Å². The molecular weight excluding hydrogens is 715 g/mol. The zero-order valence-corrected chi connectivity index (χ0v) is 33.9. The summed E-state index contributed by atoms with van der Waals surface area (Å²) in [5, 5.41) is 2.82. The van der Waals surface area contributed by atoms with Crippen LogP contribution in [0.1, 0.15) is 106 Å². The summed E-state index contributed by atoms with van der Waals surface area (Å²) in [4.78, 5) is 66.8. The van der Waals surface area contributed by atoms with Gasteiger partial charge >= 0.3 is 5.97 Å². The highest BCUT2D eigenvalue weighted by Gasteiger charge is 2.63. The van der Waals surface area contributed by atoms with E-state index in [1.165, 1.54) is 11.0 Å². The molecule has 296 valence electrons. The Morgan fingerprint density at radius 2 is 1.74 bits per heavy atom. The van der Waals surface area contributed by atoms with Gasteiger partial charge in [-0.05, 0) is 64.5 Å². The lowest BCUT2D eigenvalue weighted by Gasteiger charge is -2.35. The van der Waals surface area contributed by atoms with Crippen molar-refractivity contribution in [3.63, 3.8) is 0 Å². The molecule has 0 bridgehead atoms. The highest BCUT2D eigenvalue weighted by molar-refractivity contribution is 7.91. The number of amides is 3. The summed E-state index contributed by atoms with van der Waals surface area (Å²) in [7, 11) is -2.45. The summed E-state index contributed by atoms with van der Waals surface area (Å²) < 4.78 is 44.7. The van der Waals surface area contributed by atoms with Gasteiger partial charge in [-0.25, -0.2) is 18.4 Å². The lowest BCUT2D eigenvalue weighted by Crippen LogP contribution is -2.57. The first-order chi connectivity index (χ1) is 24.9. The topological polar surface area (TPSA) is 183 Å². The number of fused-ring (bicyclic) bond motifs is 1. The lowest BCUT2D eigenvalue weighted by atomic mass is 9.77. The maximum atomic E-state index is 14.6. The van der Waals surface area contributed by atoms with Crippen LogP contribution in [-0.2, 0) is 33.9 Å². The van der Waals surface area contributed by atoms with E-state index in [4.69, 9.17) is 24.2 Å². The van der Waals surface area contributed by atoms with Gasteiger partial charge in [-0.15, -0.1) is 6.58 Å². The number of hydrogen-bond acceptors (Lipinski definition) is 11. The van der Waals surface area contributed by atoms with Gasteiger partial charge in [0.05, 0.1) is 41.8 Å². The molecule has 5 atom stereocenters. The minimum absolute atomic E-state index is 0.0169. The fourth-order valence-electron chi connectivity index (χ4n) is 6.79. The van der Waals surface area contributed by atoms with Crippen molar-refractivity contribution in [1.82, 2.24) is 24.9 Å². The van der Waals surface area contributed by atoms with Crippen molar-refractivity contribution in [3.05, 3.63) is 36.5 Å². The van der Waals surface area contributed by atoms with Crippen molar-refractivity contribution in [1.29, 1.82) is 0 Å². The van der Waals surface area contributed by atoms with E-state index in [9.17, 15) is 27.6 Å². The number of aromatic nitrogens is 2. The van der Waals surface area contributed by atoms with Crippen molar-refractivity contribution in [2.75, 3.05) is 13.7 Å². The Morgan fingerprint density at radius 3 is 2.28 bits per heavy atom. The smallest absolute Gasteiger partial charge is 0.307 e. The number of hydrogen-bond donors (Lipinski definition) is 2. The van der Waals surface area contributed by atoms with E-state index in [0.29, 0.717) is 35.3 Å². The standard InChI is InChI=1S/C39H55N5O9S/c1-12-23-20-39(23,35(48)43-54(49,50)38(10)15-16-38)42-32(46)29-18-25(21-44(29)34(47)26(36(4,5)6)19-30(45)53-37(7,8)9)52-33-31(22(2)3)40-27-14-13-24(51-11)17-28(27)41-33/h12-14,17,22-23,25-26,29H,1,15-16,18-21H2,2-11H3,(H,42,46)(H,43,48)/t23-,25-,26-,29+,39-/m1/s1. The average Bonchev–Trinajstić information content (AvgIpc) is 3.95. The van der Waals surface area contributed by atoms with Crippen molar-refractivity contribution in [2.45, 2.75) is 128 Å². The molecule has 0 unspecified atom stereocenters. The minimum Gasteiger partial charge on any atom is -0.497 e. The predicted molar refractivity (Wildman–Crippen MR) is 202 cm³/mol. The SMILES string of the molecule is C=C[C@@H]1C[C@]1(NC(=O)[C@@H]1C[C@@H](Oc2nc3cc(OC)ccc3nc2C(C)C)CN1C(=O)[C@@H](CC(=O)OC(C)(C)C)C(C)(C)C)C(=O)NS(=O)(=O)C1(C)CC1. The van der Waals surface area contributed by atoms with Crippen LogP contribution in [0.2, 0.25) is 0 Å². The van der Waals surface area contributed by atoms with Crippen molar-refractivity contribution < 1.29 is 41.8 Å². The van der Waals surface area contributed by atoms with E-state index in [1.54, 1.807) is 53.0 Å². The number of carbonyl (C=O) groups excluding carboxylic acids is 4. The van der Waals surface area contributed by atoms with Gasteiger partial charge in [0.1, 0.15) is 34.7 Å². The second-order valence-corrected chi connectivity index (χ2v) is 19.7. The molecular formula is C39H55N5O9S. The molecule has 0 spiro atoms. The number of sulfonamides is 1. The van der Waals surface area contributed by atoms with Crippen LogP contribution in [0, 0.1) is 17.3 Å². The Labute approximate surface area is 318 Å². The monoisotopic (exact) mass is 769 g/mol. The molecule has 2 heterocycles. The first kappa shape index (κ1) is 40.9.